The van der Waals surface area contributed by atoms with Crippen LogP contribution in [0.5, 0.6) is 0 Å². The minimum Gasteiger partial charge on any atom is -0.373 e. The molecule has 0 spiro atoms. The molecular formula is C9H13NS. The Morgan fingerprint density at radius 3 is 3.09 bits per heavy atom. The first-order valence-electron chi connectivity index (χ1n) is 4.10. The van der Waals surface area contributed by atoms with Crippen LogP contribution in [0.15, 0.2) is 11.4 Å². The van der Waals surface area contributed by atoms with Gasteiger partial charge in [-0.1, -0.05) is 13.8 Å². The summed E-state index contributed by atoms with van der Waals surface area (Å²) in [6, 6.07) is 2.91. The summed E-state index contributed by atoms with van der Waals surface area (Å²) in [5, 5.41) is 7.09. The summed E-state index contributed by atoms with van der Waals surface area (Å²) in [5.41, 5.74) is 1.51. The molecule has 0 bridgehead atoms. The Morgan fingerprint density at radius 1 is 1.64 bits per heavy atom. The van der Waals surface area contributed by atoms with Gasteiger partial charge in [0, 0.05) is 6.04 Å². The Bertz CT molecular complexity index is 231. The van der Waals surface area contributed by atoms with Gasteiger partial charge in [-0.2, -0.15) is 0 Å². The first kappa shape index (κ1) is 7.17. The smallest absolute Gasteiger partial charge is 0.0918 e. The van der Waals surface area contributed by atoms with E-state index in [1.54, 1.807) is 0 Å². The molecule has 1 atom stereocenters. The maximum absolute atomic E-state index is 3.53. The fourth-order valence-corrected chi connectivity index (χ4v) is 2.37. The number of hydrogen-bond acceptors (Lipinski definition) is 2. The summed E-state index contributed by atoms with van der Waals surface area (Å²) >= 11 is 1.82. The second-order valence-corrected chi connectivity index (χ2v) is 4.39. The van der Waals surface area contributed by atoms with Crippen LogP contribution in [0.1, 0.15) is 19.4 Å². The van der Waals surface area contributed by atoms with Gasteiger partial charge in [-0.05, 0) is 29.3 Å². The second-order valence-electron chi connectivity index (χ2n) is 3.47. The molecule has 0 aliphatic carbocycles. The van der Waals surface area contributed by atoms with Crippen LogP contribution in [-0.4, -0.2) is 6.04 Å². The lowest BCUT2D eigenvalue weighted by Crippen LogP contribution is -2.21. The lowest BCUT2D eigenvalue weighted by molar-refractivity contribution is 0.538. The monoisotopic (exact) mass is 167 g/mol. The third kappa shape index (κ3) is 1.16. The summed E-state index contributed by atoms with van der Waals surface area (Å²) < 4.78 is 0. The summed E-state index contributed by atoms with van der Waals surface area (Å²) in [6.45, 7) is 4.54. The first-order valence-corrected chi connectivity index (χ1v) is 4.98. The molecule has 1 nitrogen and oxygen atoms in total. The topological polar surface area (TPSA) is 12.0 Å². The Kier molecular flexibility index (Phi) is 1.64. The highest BCUT2D eigenvalue weighted by molar-refractivity contribution is 7.14. The van der Waals surface area contributed by atoms with Crippen molar-refractivity contribution in [2.24, 2.45) is 5.92 Å². The number of nitrogens with one attached hydrogen (secondary N) is 1. The van der Waals surface area contributed by atoms with Crippen molar-refractivity contribution < 1.29 is 0 Å². The minimum absolute atomic E-state index is 0.678. The number of anilines is 1. The highest BCUT2D eigenvalue weighted by Crippen LogP contribution is 2.33. The van der Waals surface area contributed by atoms with Crippen LogP contribution < -0.4 is 5.32 Å². The third-order valence-electron chi connectivity index (χ3n) is 2.31. The van der Waals surface area contributed by atoms with Crippen molar-refractivity contribution >= 4 is 16.3 Å². The molecule has 60 valence electrons. The number of fused-ring (bicyclic) bond motifs is 1. The third-order valence-corrected chi connectivity index (χ3v) is 3.20. The normalized spacial score (nSPS) is 21.9. The van der Waals surface area contributed by atoms with Crippen LogP contribution in [0.4, 0.5) is 5.00 Å². The minimum atomic E-state index is 0.678. The van der Waals surface area contributed by atoms with Gasteiger partial charge in [0.25, 0.3) is 0 Å². The van der Waals surface area contributed by atoms with Crippen LogP contribution in [0.2, 0.25) is 0 Å². The van der Waals surface area contributed by atoms with Gasteiger partial charge in [-0.25, -0.2) is 0 Å². The van der Waals surface area contributed by atoms with E-state index in [-0.39, 0.29) is 0 Å². The van der Waals surface area contributed by atoms with Crippen LogP contribution in [0.25, 0.3) is 0 Å². The maximum Gasteiger partial charge on any atom is 0.0918 e. The van der Waals surface area contributed by atoms with Crippen molar-refractivity contribution in [2.45, 2.75) is 26.3 Å². The Hall–Kier alpha value is -0.500. The van der Waals surface area contributed by atoms with E-state index in [1.807, 2.05) is 11.3 Å². The Balaban J connectivity index is 2.16. The number of rotatable bonds is 1. The van der Waals surface area contributed by atoms with Gasteiger partial charge < -0.3 is 5.32 Å². The van der Waals surface area contributed by atoms with Gasteiger partial charge in [-0.3, -0.25) is 0 Å². The predicted molar refractivity (Wildman–Crippen MR) is 50.3 cm³/mol. The molecule has 0 radical (unpaired) electrons. The quantitative estimate of drug-likeness (QED) is 0.678. The standard InChI is InChI=1S/C9H13NS/c1-6(2)8-5-7-3-4-11-9(7)10-8/h3-4,6,8,10H,5H2,1-2H3. The van der Waals surface area contributed by atoms with E-state index in [9.17, 15) is 0 Å². The van der Waals surface area contributed by atoms with E-state index in [0.717, 1.165) is 5.92 Å². The predicted octanol–water partition coefficient (Wildman–Crippen LogP) is 2.74. The molecule has 2 heteroatoms. The van der Waals surface area contributed by atoms with E-state index in [1.165, 1.54) is 17.0 Å². The largest absolute Gasteiger partial charge is 0.373 e. The van der Waals surface area contributed by atoms with Crippen molar-refractivity contribution in [1.29, 1.82) is 0 Å². The zero-order chi connectivity index (χ0) is 7.84. The van der Waals surface area contributed by atoms with Crippen molar-refractivity contribution in [2.75, 3.05) is 5.32 Å². The van der Waals surface area contributed by atoms with E-state index >= 15 is 0 Å². The first-order chi connectivity index (χ1) is 5.27. The average molecular weight is 167 g/mol. The number of hydrogen-bond donors (Lipinski definition) is 1. The van der Waals surface area contributed by atoms with Gasteiger partial charge in [0.2, 0.25) is 0 Å². The Morgan fingerprint density at radius 2 is 2.45 bits per heavy atom. The van der Waals surface area contributed by atoms with Gasteiger partial charge in [-0.15, -0.1) is 11.3 Å². The van der Waals surface area contributed by atoms with E-state index in [0.29, 0.717) is 6.04 Å². The van der Waals surface area contributed by atoms with E-state index in [4.69, 9.17) is 0 Å². The second kappa shape index (κ2) is 2.52. The van der Waals surface area contributed by atoms with Crippen molar-refractivity contribution in [3.8, 4) is 0 Å². The van der Waals surface area contributed by atoms with Crippen molar-refractivity contribution in [3.63, 3.8) is 0 Å². The molecule has 1 aliphatic heterocycles. The molecule has 0 amide bonds. The molecule has 1 aromatic heterocycles. The van der Waals surface area contributed by atoms with Crippen molar-refractivity contribution in [1.82, 2.24) is 0 Å². The number of thiophene rings is 1. The van der Waals surface area contributed by atoms with Crippen LogP contribution >= 0.6 is 11.3 Å². The van der Waals surface area contributed by atoms with Crippen LogP contribution in [0, 0.1) is 5.92 Å². The van der Waals surface area contributed by atoms with E-state index in [2.05, 4.69) is 30.6 Å². The molecule has 0 aromatic carbocycles. The molecule has 0 saturated carbocycles. The molecule has 1 aromatic rings. The lowest BCUT2D eigenvalue weighted by Gasteiger charge is -2.14. The maximum atomic E-state index is 3.53. The molecule has 2 heterocycles. The van der Waals surface area contributed by atoms with Gasteiger partial charge in [0.05, 0.1) is 5.00 Å². The molecule has 2 rings (SSSR count). The molecular weight excluding hydrogens is 154 g/mol. The van der Waals surface area contributed by atoms with Gasteiger partial charge in [0.1, 0.15) is 0 Å². The lowest BCUT2D eigenvalue weighted by atomic mass is 10.0. The SMILES string of the molecule is CC(C)C1Cc2ccsc2N1. The summed E-state index contributed by atoms with van der Waals surface area (Å²) in [6.07, 6.45) is 1.22. The molecule has 0 saturated heterocycles. The zero-order valence-electron chi connectivity index (χ0n) is 6.92. The van der Waals surface area contributed by atoms with E-state index < -0.39 is 0 Å². The highest BCUT2D eigenvalue weighted by Gasteiger charge is 2.23. The fraction of sp³-hybridized carbons (Fsp3) is 0.556. The van der Waals surface area contributed by atoms with Gasteiger partial charge >= 0.3 is 0 Å². The summed E-state index contributed by atoms with van der Waals surface area (Å²) in [5.74, 6) is 0.745. The molecule has 1 aliphatic rings. The van der Waals surface area contributed by atoms with Crippen LogP contribution in [-0.2, 0) is 6.42 Å². The molecule has 0 fully saturated rings. The molecule has 11 heavy (non-hydrogen) atoms. The van der Waals surface area contributed by atoms with Gasteiger partial charge in [0.15, 0.2) is 0 Å². The zero-order valence-corrected chi connectivity index (χ0v) is 7.74. The molecule has 1 N–H and O–H groups in total. The fourth-order valence-electron chi connectivity index (χ4n) is 1.48. The highest BCUT2D eigenvalue weighted by atomic mass is 32.1. The summed E-state index contributed by atoms with van der Waals surface area (Å²) in [4.78, 5) is 0. The average Bonchev–Trinajstić information content (AvgIpc) is 2.40. The van der Waals surface area contributed by atoms with Crippen LogP contribution in [0.3, 0.4) is 0 Å². The van der Waals surface area contributed by atoms with Crippen molar-refractivity contribution in [3.05, 3.63) is 17.0 Å². The molecule has 1 unspecified atom stereocenters. The summed E-state index contributed by atoms with van der Waals surface area (Å²) in [7, 11) is 0. The Labute approximate surface area is 71.4 Å².